The smallest absolute Gasteiger partial charge is 0.407 e. The van der Waals surface area contributed by atoms with Crippen molar-refractivity contribution in [3.05, 3.63) is 0 Å². The van der Waals surface area contributed by atoms with Crippen LogP contribution in [0.4, 0.5) is 4.79 Å². The number of nitrogens with one attached hydrogen (secondary N) is 2. The first-order chi connectivity index (χ1) is 9.31. The molecule has 1 aliphatic rings. The highest BCUT2D eigenvalue weighted by molar-refractivity contribution is 5.78. The van der Waals surface area contributed by atoms with E-state index in [4.69, 9.17) is 9.47 Å². The van der Waals surface area contributed by atoms with Gasteiger partial charge in [-0.1, -0.05) is 0 Å². The molecule has 20 heavy (non-hydrogen) atoms. The van der Waals surface area contributed by atoms with E-state index in [2.05, 4.69) is 10.6 Å². The third kappa shape index (κ3) is 6.23. The molecule has 1 aliphatic carbocycles. The maximum absolute atomic E-state index is 11.8. The first-order valence-electron chi connectivity index (χ1n) is 7.08. The van der Waals surface area contributed by atoms with Crippen LogP contribution in [0.25, 0.3) is 0 Å². The van der Waals surface area contributed by atoms with Crippen LogP contribution in [0.2, 0.25) is 0 Å². The summed E-state index contributed by atoms with van der Waals surface area (Å²) in [6, 6.07) is 0.0938. The fourth-order valence-corrected chi connectivity index (χ4v) is 2.26. The van der Waals surface area contributed by atoms with Gasteiger partial charge in [-0.05, 0) is 46.5 Å². The first-order valence-corrected chi connectivity index (χ1v) is 7.08. The number of methoxy groups -OCH3 is 1. The van der Waals surface area contributed by atoms with Crippen molar-refractivity contribution in [2.75, 3.05) is 13.8 Å². The second-order valence-corrected chi connectivity index (χ2v) is 6.17. The molecule has 1 fully saturated rings. The molecule has 0 aromatic rings. The Bertz CT molecular complexity index is 331. The molecule has 0 unspecified atom stereocenters. The van der Waals surface area contributed by atoms with Gasteiger partial charge in [0.2, 0.25) is 5.91 Å². The van der Waals surface area contributed by atoms with Crippen molar-refractivity contribution in [3.8, 4) is 0 Å². The van der Waals surface area contributed by atoms with Crippen LogP contribution in [0, 0.1) is 5.92 Å². The molecule has 6 heteroatoms. The Labute approximate surface area is 120 Å². The van der Waals surface area contributed by atoms with Crippen molar-refractivity contribution >= 4 is 12.0 Å². The van der Waals surface area contributed by atoms with Gasteiger partial charge >= 0.3 is 6.09 Å². The lowest BCUT2D eigenvalue weighted by atomic mass is 9.85. The molecule has 0 aliphatic heterocycles. The number of carbonyl (C=O) groups excluding carboxylic acids is 2. The molecule has 0 aromatic heterocycles. The van der Waals surface area contributed by atoms with Crippen molar-refractivity contribution in [2.45, 2.75) is 58.1 Å². The molecule has 0 atom stereocenters. The maximum atomic E-state index is 11.8. The molecule has 2 amide bonds. The quantitative estimate of drug-likeness (QED) is 0.772. The van der Waals surface area contributed by atoms with Crippen molar-refractivity contribution in [2.24, 2.45) is 5.92 Å². The molecular weight excluding hydrogens is 260 g/mol. The summed E-state index contributed by atoms with van der Waals surface area (Å²) in [5, 5.41) is 5.58. The Morgan fingerprint density at radius 3 is 2.25 bits per heavy atom. The topological polar surface area (TPSA) is 76.7 Å². The molecule has 1 saturated carbocycles. The van der Waals surface area contributed by atoms with E-state index in [-0.39, 0.29) is 30.7 Å². The van der Waals surface area contributed by atoms with E-state index < -0.39 is 5.60 Å². The first kappa shape index (κ1) is 16.8. The minimum atomic E-state index is -0.485. The van der Waals surface area contributed by atoms with Crippen molar-refractivity contribution in [3.63, 3.8) is 0 Å². The van der Waals surface area contributed by atoms with E-state index in [1.807, 2.05) is 20.8 Å². The van der Waals surface area contributed by atoms with Gasteiger partial charge in [-0.2, -0.15) is 0 Å². The fraction of sp³-hybridized carbons (Fsp3) is 0.857. The van der Waals surface area contributed by atoms with Crippen LogP contribution in [0.15, 0.2) is 0 Å². The van der Waals surface area contributed by atoms with Crippen LogP contribution in [-0.4, -0.2) is 37.5 Å². The molecule has 1 rings (SSSR count). The Morgan fingerprint density at radius 2 is 1.75 bits per heavy atom. The second kappa shape index (κ2) is 7.47. The largest absolute Gasteiger partial charge is 0.444 e. The van der Waals surface area contributed by atoms with Gasteiger partial charge in [0.05, 0.1) is 0 Å². The average Bonchev–Trinajstić information content (AvgIpc) is 2.34. The summed E-state index contributed by atoms with van der Waals surface area (Å²) in [7, 11) is 1.54. The summed E-state index contributed by atoms with van der Waals surface area (Å²) in [4.78, 5) is 23.4. The summed E-state index contributed by atoms with van der Waals surface area (Å²) in [6.45, 7) is 5.76. The van der Waals surface area contributed by atoms with E-state index in [1.165, 1.54) is 0 Å². The Morgan fingerprint density at radius 1 is 1.15 bits per heavy atom. The number of amides is 2. The molecule has 0 heterocycles. The number of hydrogen-bond donors (Lipinski definition) is 2. The van der Waals surface area contributed by atoms with Crippen LogP contribution in [-0.2, 0) is 14.3 Å². The molecule has 0 spiro atoms. The summed E-state index contributed by atoms with van der Waals surface area (Å²) in [5.41, 5.74) is -0.485. The summed E-state index contributed by atoms with van der Waals surface area (Å²) < 4.78 is 10.0. The Hall–Kier alpha value is -1.30. The third-order valence-electron chi connectivity index (χ3n) is 3.21. The molecule has 116 valence electrons. The van der Waals surface area contributed by atoms with Gasteiger partial charge in [-0.25, -0.2) is 4.79 Å². The minimum Gasteiger partial charge on any atom is -0.444 e. The third-order valence-corrected chi connectivity index (χ3v) is 3.21. The molecule has 6 nitrogen and oxygen atoms in total. The summed E-state index contributed by atoms with van der Waals surface area (Å²) in [5.74, 6) is 0.0457. The number of hydrogen-bond acceptors (Lipinski definition) is 4. The second-order valence-electron chi connectivity index (χ2n) is 6.17. The molecule has 0 radical (unpaired) electrons. The molecule has 0 bridgehead atoms. The van der Waals surface area contributed by atoms with Gasteiger partial charge in [0, 0.05) is 19.1 Å². The SMILES string of the molecule is COCNC(=O)[C@H]1CC[C@H](NC(=O)OC(C)(C)C)CC1. The van der Waals surface area contributed by atoms with Gasteiger partial charge in [0.15, 0.2) is 0 Å². The standard InChI is InChI=1S/C14H26N2O4/c1-14(2,3)20-13(18)16-11-7-5-10(6-8-11)12(17)15-9-19-4/h10-11H,5-9H2,1-4H3,(H,15,17)(H,16,18)/t10-,11-. The minimum absolute atomic E-state index is 0.0156. The number of carbonyl (C=O) groups is 2. The van der Waals surface area contributed by atoms with Crippen LogP contribution >= 0.6 is 0 Å². The lowest BCUT2D eigenvalue weighted by Gasteiger charge is -2.29. The predicted octanol–water partition coefficient (Wildman–Crippen LogP) is 1.79. The zero-order valence-electron chi connectivity index (χ0n) is 12.8. The van der Waals surface area contributed by atoms with E-state index in [9.17, 15) is 9.59 Å². The van der Waals surface area contributed by atoms with E-state index in [0.717, 1.165) is 25.7 Å². The highest BCUT2D eigenvalue weighted by atomic mass is 16.6. The van der Waals surface area contributed by atoms with E-state index >= 15 is 0 Å². The number of ether oxygens (including phenoxy) is 2. The predicted molar refractivity (Wildman–Crippen MR) is 75.1 cm³/mol. The summed E-state index contributed by atoms with van der Waals surface area (Å²) >= 11 is 0. The monoisotopic (exact) mass is 286 g/mol. The highest BCUT2D eigenvalue weighted by Gasteiger charge is 2.28. The van der Waals surface area contributed by atoms with Crippen molar-refractivity contribution in [1.82, 2.24) is 10.6 Å². The van der Waals surface area contributed by atoms with E-state index in [0.29, 0.717) is 0 Å². The van der Waals surface area contributed by atoms with Gasteiger partial charge in [0.25, 0.3) is 0 Å². The van der Waals surface area contributed by atoms with Crippen LogP contribution in [0.1, 0.15) is 46.5 Å². The lowest BCUT2D eigenvalue weighted by molar-refractivity contribution is -0.127. The van der Waals surface area contributed by atoms with Gasteiger partial charge in [-0.3, -0.25) is 4.79 Å². The van der Waals surface area contributed by atoms with Crippen LogP contribution in [0.3, 0.4) is 0 Å². The Balaban J connectivity index is 2.28. The van der Waals surface area contributed by atoms with Crippen molar-refractivity contribution in [1.29, 1.82) is 0 Å². The zero-order chi connectivity index (χ0) is 15.2. The average molecular weight is 286 g/mol. The number of alkyl carbamates (subject to hydrolysis) is 1. The van der Waals surface area contributed by atoms with Crippen LogP contribution in [0.5, 0.6) is 0 Å². The van der Waals surface area contributed by atoms with E-state index in [1.54, 1.807) is 7.11 Å². The van der Waals surface area contributed by atoms with Crippen LogP contribution < -0.4 is 10.6 Å². The molecule has 2 N–H and O–H groups in total. The molecular formula is C14H26N2O4. The molecule has 0 saturated heterocycles. The van der Waals surface area contributed by atoms with Gasteiger partial charge < -0.3 is 20.1 Å². The highest BCUT2D eigenvalue weighted by Crippen LogP contribution is 2.24. The lowest BCUT2D eigenvalue weighted by Crippen LogP contribution is -2.43. The fourth-order valence-electron chi connectivity index (χ4n) is 2.26. The van der Waals surface area contributed by atoms with Crippen molar-refractivity contribution < 1.29 is 19.1 Å². The summed E-state index contributed by atoms with van der Waals surface area (Å²) in [6.07, 6.45) is 2.76. The molecule has 0 aromatic carbocycles. The number of rotatable bonds is 4. The van der Waals surface area contributed by atoms with Gasteiger partial charge in [-0.15, -0.1) is 0 Å². The zero-order valence-corrected chi connectivity index (χ0v) is 12.8. The van der Waals surface area contributed by atoms with Gasteiger partial charge in [0.1, 0.15) is 12.3 Å². The normalized spacial score (nSPS) is 23.0. The Kier molecular flexibility index (Phi) is 6.26. The maximum Gasteiger partial charge on any atom is 0.407 e.